The van der Waals surface area contributed by atoms with Gasteiger partial charge in [0.15, 0.2) is 0 Å². The Morgan fingerprint density at radius 1 is 1.04 bits per heavy atom. The minimum atomic E-state index is -1.78. The Morgan fingerprint density at radius 3 is 2.40 bits per heavy atom. The van der Waals surface area contributed by atoms with Gasteiger partial charge in [0.25, 0.3) is 11.9 Å². The maximum Gasteiger partial charge on any atom is 0.254 e. The van der Waals surface area contributed by atoms with Gasteiger partial charge in [0.05, 0.1) is 11.7 Å². The second-order valence-electron chi connectivity index (χ2n) is 5.13. The van der Waals surface area contributed by atoms with E-state index >= 15 is 0 Å². The molecule has 2 heterocycles. The van der Waals surface area contributed by atoms with E-state index in [2.05, 4.69) is 15.1 Å². The van der Waals surface area contributed by atoms with Crippen molar-refractivity contribution in [2.45, 2.75) is 6.92 Å². The van der Waals surface area contributed by atoms with Crippen molar-refractivity contribution in [1.29, 1.82) is 0 Å². The molecule has 2 aromatic heterocycles. The van der Waals surface area contributed by atoms with Crippen LogP contribution in [0.15, 0.2) is 29.4 Å². The van der Waals surface area contributed by atoms with Crippen LogP contribution in [0.2, 0.25) is 5.15 Å². The fourth-order valence-corrected chi connectivity index (χ4v) is 2.31. The fraction of sp³-hybridized carbons (Fsp3) is 0.0625. The van der Waals surface area contributed by atoms with Crippen LogP contribution in [0.5, 0.6) is 0 Å². The van der Waals surface area contributed by atoms with E-state index in [4.69, 9.17) is 11.6 Å². The molecule has 0 radical (unpaired) electrons. The summed E-state index contributed by atoms with van der Waals surface area (Å²) >= 11 is 6.04. The van der Waals surface area contributed by atoms with Crippen LogP contribution in [0, 0.1) is 30.5 Å². The Kier molecular flexibility index (Phi) is 4.54. The topological polar surface area (TPSA) is 50.2 Å². The van der Waals surface area contributed by atoms with Gasteiger partial charge >= 0.3 is 0 Å². The van der Waals surface area contributed by atoms with E-state index in [1.54, 1.807) is 6.07 Å². The maximum atomic E-state index is 13.5. The number of nitrogens with one attached hydrogen (secondary N) is 1. The molecule has 3 rings (SSSR count). The quantitative estimate of drug-likeness (QED) is 0.318. The van der Waals surface area contributed by atoms with Gasteiger partial charge in [-0.05, 0) is 24.6 Å². The van der Waals surface area contributed by atoms with Crippen molar-refractivity contribution in [1.82, 2.24) is 9.97 Å². The predicted molar refractivity (Wildman–Crippen MR) is 86.8 cm³/mol. The van der Waals surface area contributed by atoms with E-state index < -0.39 is 29.2 Å². The van der Waals surface area contributed by atoms with Gasteiger partial charge in [-0.1, -0.05) is 23.7 Å². The van der Waals surface area contributed by atoms with Gasteiger partial charge in [-0.3, -0.25) is 5.43 Å². The van der Waals surface area contributed by atoms with Crippen LogP contribution in [0.3, 0.4) is 0 Å². The molecule has 0 amide bonds. The van der Waals surface area contributed by atoms with Crippen LogP contribution < -0.4 is 5.43 Å². The number of hydrazone groups is 1. The van der Waals surface area contributed by atoms with E-state index in [0.29, 0.717) is 11.1 Å². The van der Waals surface area contributed by atoms with E-state index in [1.807, 2.05) is 30.5 Å². The van der Waals surface area contributed by atoms with E-state index in [-0.39, 0.29) is 5.15 Å². The third-order valence-electron chi connectivity index (χ3n) is 3.33. The first-order valence-electron chi connectivity index (χ1n) is 6.93. The molecule has 128 valence electrons. The molecule has 0 unspecified atom stereocenters. The van der Waals surface area contributed by atoms with Crippen LogP contribution >= 0.6 is 11.6 Å². The number of aryl methyl sites for hydroxylation is 1. The summed E-state index contributed by atoms with van der Waals surface area (Å²) in [6.45, 7) is 1.91. The number of rotatable bonds is 3. The maximum absolute atomic E-state index is 13.5. The van der Waals surface area contributed by atoms with Gasteiger partial charge in [-0.2, -0.15) is 27.6 Å². The standard InChI is InChI=1S/C16H9ClF4N4/c1-7-2-3-8-5-9(14(17)23-10(8)4-7)6-22-25-13-11(18)15(20)24-16(21)12(13)19/h2-6H,1H3,(H,24,25)/b22-6-. The number of hydrogen-bond donors (Lipinski definition) is 1. The normalized spacial score (nSPS) is 11.4. The lowest BCUT2D eigenvalue weighted by molar-refractivity contribution is 0.411. The molecule has 0 fully saturated rings. The Bertz CT molecular complexity index is 981. The van der Waals surface area contributed by atoms with Gasteiger partial charge in [0, 0.05) is 10.9 Å². The number of anilines is 1. The van der Waals surface area contributed by atoms with Gasteiger partial charge in [0.2, 0.25) is 11.6 Å². The monoisotopic (exact) mass is 368 g/mol. The van der Waals surface area contributed by atoms with Crippen molar-refractivity contribution in [3.63, 3.8) is 0 Å². The molecule has 1 aromatic carbocycles. The SMILES string of the molecule is Cc1ccc2cc(/C=N\Nc3c(F)c(F)nc(F)c3F)c(Cl)nc2c1. The van der Waals surface area contributed by atoms with Crippen molar-refractivity contribution in [3.05, 3.63) is 64.1 Å². The van der Waals surface area contributed by atoms with Gasteiger partial charge in [-0.25, -0.2) is 4.98 Å². The summed E-state index contributed by atoms with van der Waals surface area (Å²) in [7, 11) is 0. The van der Waals surface area contributed by atoms with Crippen LogP contribution in [-0.4, -0.2) is 16.2 Å². The predicted octanol–water partition coefficient (Wildman–Crippen LogP) is 4.59. The Morgan fingerprint density at radius 2 is 1.72 bits per heavy atom. The van der Waals surface area contributed by atoms with Crippen LogP contribution in [-0.2, 0) is 0 Å². The zero-order chi connectivity index (χ0) is 18.1. The summed E-state index contributed by atoms with van der Waals surface area (Å²) in [4.78, 5) is 6.64. The molecule has 25 heavy (non-hydrogen) atoms. The molecule has 0 saturated carbocycles. The Balaban J connectivity index is 1.92. The number of halogens is 5. The van der Waals surface area contributed by atoms with Gasteiger partial charge in [0.1, 0.15) is 10.8 Å². The van der Waals surface area contributed by atoms with Crippen molar-refractivity contribution in [2.24, 2.45) is 5.10 Å². The van der Waals surface area contributed by atoms with Crippen LogP contribution in [0.1, 0.15) is 11.1 Å². The number of hydrogen-bond acceptors (Lipinski definition) is 4. The average Bonchev–Trinajstić information content (AvgIpc) is 2.56. The molecule has 3 aromatic rings. The summed E-state index contributed by atoms with van der Waals surface area (Å²) in [5, 5.41) is 4.44. The minimum absolute atomic E-state index is 0.108. The average molecular weight is 369 g/mol. The zero-order valence-electron chi connectivity index (χ0n) is 12.6. The molecule has 0 saturated heterocycles. The smallest absolute Gasteiger partial charge is 0.254 e. The molecule has 0 aliphatic carbocycles. The largest absolute Gasteiger partial charge is 0.272 e. The van der Waals surface area contributed by atoms with Gasteiger partial charge < -0.3 is 0 Å². The molecule has 4 nitrogen and oxygen atoms in total. The van der Waals surface area contributed by atoms with E-state index in [1.165, 1.54) is 0 Å². The first-order chi connectivity index (χ1) is 11.9. The minimum Gasteiger partial charge on any atom is -0.272 e. The summed E-state index contributed by atoms with van der Waals surface area (Å²) in [5.41, 5.74) is 2.84. The molecule has 1 N–H and O–H groups in total. The second-order valence-corrected chi connectivity index (χ2v) is 5.49. The number of nitrogens with zero attached hydrogens (tertiary/aromatic N) is 3. The lowest BCUT2D eigenvalue weighted by atomic mass is 10.1. The molecule has 0 spiro atoms. The first-order valence-corrected chi connectivity index (χ1v) is 7.30. The lowest BCUT2D eigenvalue weighted by Gasteiger charge is -2.05. The van der Waals surface area contributed by atoms with Crippen molar-refractivity contribution < 1.29 is 17.6 Å². The highest BCUT2D eigenvalue weighted by molar-refractivity contribution is 6.32. The second kappa shape index (κ2) is 6.64. The summed E-state index contributed by atoms with van der Waals surface area (Å²) < 4.78 is 53.0. The highest BCUT2D eigenvalue weighted by atomic mass is 35.5. The van der Waals surface area contributed by atoms with Crippen molar-refractivity contribution >= 4 is 34.4 Å². The highest BCUT2D eigenvalue weighted by Gasteiger charge is 2.20. The lowest BCUT2D eigenvalue weighted by Crippen LogP contribution is -2.06. The number of fused-ring (bicyclic) bond motifs is 1. The molecule has 0 bridgehead atoms. The van der Waals surface area contributed by atoms with E-state index in [0.717, 1.165) is 17.2 Å². The fourth-order valence-electron chi connectivity index (χ4n) is 2.11. The first kappa shape index (κ1) is 17.1. The third kappa shape index (κ3) is 3.39. The van der Waals surface area contributed by atoms with Crippen molar-refractivity contribution in [2.75, 3.05) is 5.43 Å². The molecule has 0 aliphatic heterocycles. The van der Waals surface area contributed by atoms with Crippen LogP contribution in [0.4, 0.5) is 23.2 Å². The number of benzene rings is 1. The Hall–Kier alpha value is -2.74. The molecule has 0 atom stereocenters. The highest BCUT2D eigenvalue weighted by Crippen LogP contribution is 2.23. The molecular formula is C16H9ClF4N4. The van der Waals surface area contributed by atoms with Crippen LogP contribution in [0.25, 0.3) is 10.9 Å². The molecule has 0 aliphatic rings. The molecule has 9 heteroatoms. The summed E-state index contributed by atoms with van der Waals surface area (Å²) in [5.74, 6) is -6.93. The number of pyridine rings is 2. The molecular weight excluding hydrogens is 360 g/mol. The zero-order valence-corrected chi connectivity index (χ0v) is 13.4. The summed E-state index contributed by atoms with van der Waals surface area (Å²) in [6.07, 6.45) is 1.13. The summed E-state index contributed by atoms with van der Waals surface area (Å²) in [6, 6.07) is 7.21. The van der Waals surface area contributed by atoms with Crippen molar-refractivity contribution in [3.8, 4) is 0 Å². The Labute approximate surface area is 144 Å². The number of aromatic nitrogens is 2. The van der Waals surface area contributed by atoms with Gasteiger partial charge in [-0.15, -0.1) is 0 Å². The third-order valence-corrected chi connectivity index (χ3v) is 3.63. The van der Waals surface area contributed by atoms with E-state index in [9.17, 15) is 17.6 Å².